The first-order valence-corrected chi connectivity index (χ1v) is 7.73. The number of nitrogens with zero attached hydrogens (tertiary/aromatic N) is 1. The van der Waals surface area contributed by atoms with Gasteiger partial charge in [0, 0.05) is 25.0 Å². The van der Waals surface area contributed by atoms with E-state index in [1.165, 1.54) is 38.5 Å². The molecule has 1 aliphatic carbocycles. The number of hydrogen-bond donors (Lipinski definition) is 1. The largest absolute Gasteiger partial charge is 0.339 e. The highest BCUT2D eigenvalue weighted by Crippen LogP contribution is 2.35. The van der Waals surface area contributed by atoms with Crippen molar-refractivity contribution in [2.75, 3.05) is 6.54 Å². The zero-order valence-electron chi connectivity index (χ0n) is 11.7. The molecule has 0 bridgehead atoms. The first-order chi connectivity index (χ1) is 8.68. The lowest BCUT2D eigenvalue weighted by Crippen LogP contribution is -2.49. The van der Waals surface area contributed by atoms with E-state index in [4.69, 9.17) is 5.73 Å². The van der Waals surface area contributed by atoms with Crippen LogP contribution in [0.15, 0.2) is 0 Å². The predicted molar refractivity (Wildman–Crippen MR) is 74.2 cm³/mol. The van der Waals surface area contributed by atoms with Crippen LogP contribution in [0.25, 0.3) is 0 Å². The van der Waals surface area contributed by atoms with Gasteiger partial charge >= 0.3 is 0 Å². The van der Waals surface area contributed by atoms with Crippen LogP contribution < -0.4 is 5.73 Å². The minimum Gasteiger partial charge on any atom is -0.339 e. The minimum atomic E-state index is 0.224. The number of likely N-dealkylation sites (tertiary alicyclic amines) is 1. The van der Waals surface area contributed by atoms with Crippen LogP contribution in [-0.4, -0.2) is 29.4 Å². The molecule has 1 aliphatic heterocycles. The van der Waals surface area contributed by atoms with Gasteiger partial charge in [0.1, 0.15) is 0 Å². The number of carbonyl (C=O) groups excluding carboxylic acids is 1. The summed E-state index contributed by atoms with van der Waals surface area (Å²) in [6.07, 6.45) is 10.4. The molecule has 3 nitrogen and oxygen atoms in total. The van der Waals surface area contributed by atoms with Crippen molar-refractivity contribution in [1.29, 1.82) is 0 Å². The van der Waals surface area contributed by atoms with Crippen molar-refractivity contribution in [3.05, 3.63) is 0 Å². The Balaban J connectivity index is 1.84. The first kappa shape index (κ1) is 13.9. The fourth-order valence-corrected chi connectivity index (χ4v) is 3.65. The van der Waals surface area contributed by atoms with E-state index in [1.54, 1.807) is 0 Å². The molecule has 1 heterocycles. The fraction of sp³-hybridized carbons (Fsp3) is 0.933. The number of piperidine rings is 1. The van der Waals surface area contributed by atoms with Gasteiger partial charge in [-0.3, -0.25) is 4.79 Å². The van der Waals surface area contributed by atoms with Crippen molar-refractivity contribution in [2.24, 2.45) is 11.7 Å². The minimum absolute atomic E-state index is 0.224. The average Bonchev–Trinajstić information content (AvgIpc) is 2.37. The zero-order valence-corrected chi connectivity index (χ0v) is 11.7. The zero-order chi connectivity index (χ0) is 13.0. The molecule has 0 aromatic heterocycles. The van der Waals surface area contributed by atoms with Gasteiger partial charge in [0.15, 0.2) is 0 Å². The highest BCUT2D eigenvalue weighted by molar-refractivity contribution is 5.76. The van der Waals surface area contributed by atoms with E-state index in [9.17, 15) is 4.79 Å². The number of fused-ring (bicyclic) bond motifs is 1. The van der Waals surface area contributed by atoms with Crippen LogP contribution in [0.5, 0.6) is 0 Å². The molecule has 2 N–H and O–H groups in total. The Hall–Kier alpha value is -0.570. The number of carbonyl (C=O) groups is 1. The summed E-state index contributed by atoms with van der Waals surface area (Å²) in [5.74, 6) is 1.18. The SMILES string of the molecule is CC(N)CCCC(=O)N1CCCC2CCCCC21. The fourth-order valence-electron chi connectivity index (χ4n) is 3.65. The maximum Gasteiger partial charge on any atom is 0.222 e. The van der Waals surface area contributed by atoms with E-state index >= 15 is 0 Å². The lowest BCUT2D eigenvalue weighted by atomic mass is 9.78. The second-order valence-corrected chi connectivity index (χ2v) is 6.21. The van der Waals surface area contributed by atoms with Crippen molar-refractivity contribution >= 4 is 5.91 Å². The summed E-state index contributed by atoms with van der Waals surface area (Å²) >= 11 is 0. The molecule has 0 radical (unpaired) electrons. The summed E-state index contributed by atoms with van der Waals surface area (Å²) in [6.45, 7) is 3.01. The molecule has 1 amide bonds. The van der Waals surface area contributed by atoms with Crippen molar-refractivity contribution in [2.45, 2.75) is 76.8 Å². The molecule has 0 aromatic carbocycles. The van der Waals surface area contributed by atoms with Crippen LogP contribution in [0.4, 0.5) is 0 Å². The topological polar surface area (TPSA) is 46.3 Å². The van der Waals surface area contributed by atoms with E-state index in [2.05, 4.69) is 4.90 Å². The molecule has 1 saturated carbocycles. The van der Waals surface area contributed by atoms with Gasteiger partial charge in [-0.15, -0.1) is 0 Å². The Bertz CT molecular complexity index is 276. The molecule has 18 heavy (non-hydrogen) atoms. The molecular formula is C15H28N2O. The van der Waals surface area contributed by atoms with Gasteiger partial charge in [0.2, 0.25) is 5.91 Å². The molecule has 1 saturated heterocycles. The Morgan fingerprint density at radius 2 is 2.00 bits per heavy atom. The number of amides is 1. The maximum atomic E-state index is 12.3. The molecular weight excluding hydrogens is 224 g/mol. The van der Waals surface area contributed by atoms with E-state index in [1.807, 2.05) is 6.92 Å². The average molecular weight is 252 g/mol. The van der Waals surface area contributed by atoms with Crippen LogP contribution in [0.2, 0.25) is 0 Å². The van der Waals surface area contributed by atoms with Gasteiger partial charge in [0.25, 0.3) is 0 Å². The second-order valence-electron chi connectivity index (χ2n) is 6.21. The first-order valence-electron chi connectivity index (χ1n) is 7.73. The summed E-state index contributed by atoms with van der Waals surface area (Å²) in [5, 5.41) is 0. The Morgan fingerprint density at radius 1 is 1.28 bits per heavy atom. The third kappa shape index (κ3) is 3.47. The predicted octanol–water partition coefficient (Wildman–Crippen LogP) is 2.69. The van der Waals surface area contributed by atoms with Crippen molar-refractivity contribution in [3.63, 3.8) is 0 Å². The summed E-state index contributed by atoms with van der Waals surface area (Å²) in [5.41, 5.74) is 5.74. The van der Waals surface area contributed by atoms with Crippen molar-refractivity contribution < 1.29 is 4.79 Å². The van der Waals surface area contributed by atoms with Gasteiger partial charge in [-0.1, -0.05) is 12.8 Å². The van der Waals surface area contributed by atoms with Crippen LogP contribution in [0, 0.1) is 5.92 Å². The molecule has 3 heteroatoms. The molecule has 3 atom stereocenters. The molecule has 2 rings (SSSR count). The molecule has 104 valence electrons. The van der Waals surface area contributed by atoms with Gasteiger partial charge in [-0.25, -0.2) is 0 Å². The van der Waals surface area contributed by atoms with Crippen LogP contribution >= 0.6 is 0 Å². The summed E-state index contributed by atoms with van der Waals surface area (Å²) in [6, 6.07) is 0.789. The van der Waals surface area contributed by atoms with Crippen molar-refractivity contribution in [3.8, 4) is 0 Å². The molecule has 0 spiro atoms. The normalized spacial score (nSPS) is 29.8. The molecule has 0 aromatic rings. The molecule has 2 fully saturated rings. The second kappa shape index (κ2) is 6.55. The number of rotatable bonds is 4. The third-order valence-corrected chi connectivity index (χ3v) is 4.61. The van der Waals surface area contributed by atoms with Crippen LogP contribution in [-0.2, 0) is 4.79 Å². The lowest BCUT2D eigenvalue weighted by Gasteiger charge is -2.44. The van der Waals surface area contributed by atoms with Gasteiger partial charge in [-0.2, -0.15) is 0 Å². The highest BCUT2D eigenvalue weighted by atomic mass is 16.2. The molecule has 2 aliphatic rings. The third-order valence-electron chi connectivity index (χ3n) is 4.61. The highest BCUT2D eigenvalue weighted by Gasteiger charge is 2.35. The standard InChI is InChI=1S/C15H28N2O/c1-12(16)6-4-10-15(18)17-11-5-8-13-7-2-3-9-14(13)17/h12-14H,2-11,16H2,1H3. The number of nitrogens with two attached hydrogens (primary N) is 1. The smallest absolute Gasteiger partial charge is 0.222 e. The Kier molecular flexibility index (Phi) is 5.04. The van der Waals surface area contributed by atoms with Gasteiger partial charge in [0.05, 0.1) is 0 Å². The van der Waals surface area contributed by atoms with Crippen molar-refractivity contribution in [1.82, 2.24) is 4.90 Å². The maximum absolute atomic E-state index is 12.3. The lowest BCUT2D eigenvalue weighted by molar-refractivity contribution is -0.137. The van der Waals surface area contributed by atoms with E-state index in [0.29, 0.717) is 18.4 Å². The summed E-state index contributed by atoms with van der Waals surface area (Å²) in [4.78, 5) is 14.5. The van der Waals surface area contributed by atoms with Crippen LogP contribution in [0.1, 0.15) is 64.7 Å². The van der Waals surface area contributed by atoms with Crippen LogP contribution in [0.3, 0.4) is 0 Å². The quantitative estimate of drug-likeness (QED) is 0.836. The van der Waals surface area contributed by atoms with E-state index in [-0.39, 0.29) is 6.04 Å². The van der Waals surface area contributed by atoms with E-state index in [0.717, 1.165) is 25.3 Å². The Labute approximate surface area is 111 Å². The number of hydrogen-bond acceptors (Lipinski definition) is 2. The Morgan fingerprint density at radius 3 is 2.78 bits per heavy atom. The monoisotopic (exact) mass is 252 g/mol. The summed E-state index contributed by atoms with van der Waals surface area (Å²) in [7, 11) is 0. The molecule has 3 unspecified atom stereocenters. The van der Waals surface area contributed by atoms with Gasteiger partial charge in [-0.05, 0) is 51.4 Å². The van der Waals surface area contributed by atoms with Gasteiger partial charge < -0.3 is 10.6 Å². The van der Waals surface area contributed by atoms with E-state index < -0.39 is 0 Å². The summed E-state index contributed by atoms with van der Waals surface area (Å²) < 4.78 is 0.